The summed E-state index contributed by atoms with van der Waals surface area (Å²) in [4.78, 5) is 33.3. The van der Waals surface area contributed by atoms with Gasteiger partial charge in [0.15, 0.2) is 0 Å². The Labute approximate surface area is 342 Å². The molecule has 0 aromatic heterocycles. The van der Waals surface area contributed by atoms with E-state index in [0.717, 1.165) is 80.3 Å². The van der Waals surface area contributed by atoms with Gasteiger partial charge in [-0.1, -0.05) is 36.4 Å². The van der Waals surface area contributed by atoms with Crippen molar-refractivity contribution < 1.29 is 18.7 Å². The lowest BCUT2D eigenvalue weighted by atomic mass is 9.93. The summed E-state index contributed by atoms with van der Waals surface area (Å²) in [6.07, 6.45) is 0. The minimum absolute atomic E-state index is 0.259. The molecular formula is C47H47N8O4+. The minimum Gasteiger partial charge on any atom is -0.456 e. The summed E-state index contributed by atoms with van der Waals surface area (Å²) in [7, 11) is 6.06. The first kappa shape index (κ1) is 37.7. The maximum absolute atomic E-state index is 13.8. The highest BCUT2D eigenvalue weighted by Crippen LogP contribution is 2.41. The van der Waals surface area contributed by atoms with Crippen LogP contribution in [0, 0.1) is 0 Å². The molecule has 59 heavy (non-hydrogen) atoms. The summed E-state index contributed by atoms with van der Waals surface area (Å²) < 4.78 is 14.1. The predicted octanol–water partition coefficient (Wildman–Crippen LogP) is 7.23. The number of ether oxygens (including phenoxy) is 1. The third kappa shape index (κ3) is 7.28. The van der Waals surface area contributed by atoms with E-state index in [1.165, 1.54) is 4.90 Å². The number of nitrogens with one attached hydrogen (secondary N) is 3. The van der Waals surface area contributed by atoms with E-state index >= 15 is 0 Å². The number of nitrogens with zero attached hydrogens (tertiary/aromatic N) is 4. The molecule has 0 spiro atoms. The zero-order chi connectivity index (χ0) is 40.6. The van der Waals surface area contributed by atoms with Gasteiger partial charge in [-0.2, -0.15) is 0 Å². The Morgan fingerprint density at radius 2 is 1.44 bits per heavy atom. The van der Waals surface area contributed by atoms with Gasteiger partial charge in [0.1, 0.15) is 25.4 Å². The number of anilines is 7. The van der Waals surface area contributed by atoms with Crippen molar-refractivity contribution in [1.82, 2.24) is 14.4 Å². The van der Waals surface area contributed by atoms with Crippen LogP contribution in [-0.2, 0) is 4.74 Å². The SMILES string of the molecule is CN(CNc1ccccc1Nc1ccc2c3c(cccc13)C(=O)N(CCN1CCOCC1)C2=O)c1ccc2c(Nc3ccccc3N)c3ccc(=[N+](C)C)cc-3oc2c1. The van der Waals surface area contributed by atoms with E-state index < -0.39 is 0 Å². The van der Waals surface area contributed by atoms with Gasteiger partial charge in [-0.15, -0.1) is 0 Å². The molecule has 9 rings (SSSR count). The van der Waals surface area contributed by atoms with Crippen molar-refractivity contribution in [3.63, 3.8) is 0 Å². The molecular weight excluding hydrogens is 741 g/mol. The van der Waals surface area contributed by atoms with Gasteiger partial charge in [0.05, 0.1) is 54.4 Å². The molecule has 4 aliphatic rings. The van der Waals surface area contributed by atoms with Crippen molar-refractivity contribution in [2.24, 2.45) is 0 Å². The predicted molar refractivity (Wildman–Crippen MR) is 237 cm³/mol. The zero-order valence-electron chi connectivity index (χ0n) is 33.4. The van der Waals surface area contributed by atoms with E-state index in [4.69, 9.17) is 14.9 Å². The molecule has 3 heterocycles. The molecule has 12 heteroatoms. The molecule has 1 aliphatic carbocycles. The van der Waals surface area contributed by atoms with E-state index in [9.17, 15) is 9.59 Å². The second-order valence-corrected chi connectivity index (χ2v) is 15.3. The van der Waals surface area contributed by atoms with Gasteiger partial charge < -0.3 is 35.7 Å². The number of rotatable bonds is 11. The molecule has 0 saturated carbocycles. The van der Waals surface area contributed by atoms with Crippen molar-refractivity contribution in [3.8, 4) is 11.3 Å². The average molecular weight is 788 g/mol. The highest BCUT2D eigenvalue weighted by Gasteiger charge is 2.33. The average Bonchev–Trinajstić information content (AvgIpc) is 3.26. The molecule has 0 bridgehead atoms. The van der Waals surface area contributed by atoms with Crippen LogP contribution >= 0.6 is 0 Å². The summed E-state index contributed by atoms with van der Waals surface area (Å²) in [6.45, 7) is 4.37. The van der Waals surface area contributed by atoms with Gasteiger partial charge in [-0.05, 0) is 60.7 Å². The number of carbonyl (C=O) groups is 2. The fourth-order valence-electron chi connectivity index (χ4n) is 7.97. The maximum atomic E-state index is 13.8. The highest BCUT2D eigenvalue weighted by molar-refractivity contribution is 6.27. The normalized spacial score (nSPS) is 14.3. The number of para-hydroxylation sites is 4. The Hall–Kier alpha value is -6.89. The van der Waals surface area contributed by atoms with Crippen LogP contribution < -0.4 is 36.5 Å². The molecule has 5 N–H and O–H groups in total. The number of imide groups is 1. The molecule has 1 saturated heterocycles. The van der Waals surface area contributed by atoms with E-state index in [2.05, 4.69) is 66.7 Å². The van der Waals surface area contributed by atoms with Gasteiger partial charge in [0, 0.05) is 89.6 Å². The van der Waals surface area contributed by atoms with E-state index in [0.29, 0.717) is 55.2 Å². The maximum Gasteiger partial charge on any atom is 0.261 e. The first-order valence-electron chi connectivity index (χ1n) is 19.9. The van der Waals surface area contributed by atoms with Crippen molar-refractivity contribution in [1.29, 1.82) is 0 Å². The molecule has 12 nitrogen and oxygen atoms in total. The fourth-order valence-corrected chi connectivity index (χ4v) is 7.97. The van der Waals surface area contributed by atoms with Crippen LogP contribution in [0.2, 0.25) is 0 Å². The number of hydrogen-bond acceptors (Lipinski definition) is 10. The Balaban J connectivity index is 0.963. The summed E-state index contributed by atoms with van der Waals surface area (Å²) in [5, 5.41) is 14.3. The quantitative estimate of drug-likeness (QED) is 0.0351. The second-order valence-electron chi connectivity index (χ2n) is 15.3. The first-order chi connectivity index (χ1) is 28.7. The first-order valence-corrected chi connectivity index (χ1v) is 19.9. The Bertz CT molecular complexity index is 2770. The Kier molecular flexibility index (Phi) is 10.1. The molecule has 3 aliphatic heterocycles. The van der Waals surface area contributed by atoms with Gasteiger partial charge in [-0.25, -0.2) is 4.58 Å². The lowest BCUT2D eigenvalue weighted by Crippen LogP contribution is -2.46. The number of nitrogens with two attached hydrogens (primary N) is 1. The van der Waals surface area contributed by atoms with Crippen LogP contribution in [-0.4, -0.2) is 88.8 Å². The minimum atomic E-state index is -0.259. The lowest BCUT2D eigenvalue weighted by Gasteiger charge is -2.31. The molecule has 0 atom stereocenters. The van der Waals surface area contributed by atoms with Gasteiger partial charge >= 0.3 is 0 Å². The van der Waals surface area contributed by atoms with Gasteiger partial charge in [0.25, 0.3) is 11.8 Å². The Morgan fingerprint density at radius 3 is 2.22 bits per heavy atom. The number of carbonyl (C=O) groups excluding carboxylic acids is 2. The summed E-state index contributed by atoms with van der Waals surface area (Å²) >= 11 is 0. The lowest BCUT2D eigenvalue weighted by molar-refractivity contribution is 0.0316. The second kappa shape index (κ2) is 15.8. The number of amides is 2. The van der Waals surface area contributed by atoms with Crippen molar-refractivity contribution in [2.75, 3.05) is 93.8 Å². The Morgan fingerprint density at radius 1 is 0.712 bits per heavy atom. The van der Waals surface area contributed by atoms with Gasteiger partial charge in [-0.3, -0.25) is 19.4 Å². The van der Waals surface area contributed by atoms with Crippen LogP contribution in [0.25, 0.3) is 33.1 Å². The number of benzene rings is 6. The van der Waals surface area contributed by atoms with Gasteiger partial charge in [0.2, 0.25) is 5.36 Å². The number of nitrogen functional groups attached to an aromatic ring is 1. The van der Waals surface area contributed by atoms with Crippen molar-refractivity contribution in [3.05, 3.63) is 132 Å². The summed E-state index contributed by atoms with van der Waals surface area (Å²) in [5.41, 5.74) is 15.0. The van der Waals surface area contributed by atoms with Crippen LogP contribution in [0.3, 0.4) is 0 Å². The number of morpholine rings is 1. The molecule has 2 amide bonds. The standard InChI is InChI=1S/C47H46N8O4/c1-52(2)30-15-17-33-42(27-30)59-43-28-31(16-18-34(43)45(33)51-39-12-5-4-11-37(39)48)53(3)29-49-40-13-6-7-14-41(40)50-38-20-19-36-44-32(38)9-8-10-35(44)46(56)55(47(36)57)22-21-54-23-25-58-26-24-54/h4-20,27-28,49H,21-26,29,48H2,1-3H3,(H,50,56,57)/p+1. The summed E-state index contributed by atoms with van der Waals surface area (Å²) in [6, 6.07) is 37.6. The molecule has 5 aromatic rings. The van der Waals surface area contributed by atoms with Crippen LogP contribution in [0.1, 0.15) is 20.7 Å². The van der Waals surface area contributed by atoms with Crippen molar-refractivity contribution in [2.45, 2.75) is 0 Å². The smallest absolute Gasteiger partial charge is 0.261 e. The number of fused-ring (bicyclic) bond motifs is 2. The van der Waals surface area contributed by atoms with E-state index in [1.807, 2.05) is 100 Å². The highest BCUT2D eigenvalue weighted by atomic mass is 16.5. The van der Waals surface area contributed by atoms with E-state index in [1.54, 1.807) is 0 Å². The topological polar surface area (TPSA) is 131 Å². The molecule has 298 valence electrons. The van der Waals surface area contributed by atoms with E-state index in [-0.39, 0.29) is 11.8 Å². The third-order valence-corrected chi connectivity index (χ3v) is 11.3. The monoisotopic (exact) mass is 787 g/mol. The fraction of sp³-hybridized carbons (Fsp3) is 0.213. The van der Waals surface area contributed by atoms with Crippen LogP contribution in [0.15, 0.2) is 120 Å². The molecule has 0 radical (unpaired) electrons. The van der Waals surface area contributed by atoms with Crippen LogP contribution in [0.4, 0.5) is 39.8 Å². The molecule has 0 unspecified atom stereocenters. The van der Waals surface area contributed by atoms with Crippen LogP contribution in [0.5, 0.6) is 0 Å². The largest absolute Gasteiger partial charge is 0.456 e. The molecule has 1 fully saturated rings. The van der Waals surface area contributed by atoms with Crippen molar-refractivity contribution >= 4 is 73.4 Å². The summed E-state index contributed by atoms with van der Waals surface area (Å²) in [5.74, 6) is 0.238. The number of hydrogen-bond donors (Lipinski definition) is 4. The zero-order valence-corrected chi connectivity index (χ0v) is 33.4. The molecule has 5 aromatic carbocycles. The third-order valence-electron chi connectivity index (χ3n) is 11.3.